The van der Waals surface area contributed by atoms with Crippen molar-refractivity contribution in [2.24, 2.45) is 5.10 Å². The fourth-order valence-corrected chi connectivity index (χ4v) is 4.29. The molecule has 2 unspecified atom stereocenters. The van der Waals surface area contributed by atoms with Crippen LogP contribution in [0.5, 0.6) is 5.75 Å². The van der Waals surface area contributed by atoms with E-state index in [9.17, 15) is 19.8 Å². The second-order valence-electron chi connectivity index (χ2n) is 9.21. The van der Waals surface area contributed by atoms with Crippen molar-refractivity contribution in [3.05, 3.63) is 93.5 Å². The van der Waals surface area contributed by atoms with Crippen molar-refractivity contribution in [1.29, 1.82) is 0 Å². The molecule has 9 nitrogen and oxygen atoms in total. The van der Waals surface area contributed by atoms with Crippen LogP contribution in [0.4, 0.5) is 5.69 Å². The van der Waals surface area contributed by atoms with E-state index in [1.165, 1.54) is 6.21 Å². The van der Waals surface area contributed by atoms with Gasteiger partial charge in [-0.2, -0.15) is 5.10 Å². The lowest BCUT2D eigenvalue weighted by molar-refractivity contribution is 0.0794. The minimum atomic E-state index is -0.529. The number of carbonyl (C=O) groups is 2. The Kier molecular flexibility index (Phi) is 11.2. The summed E-state index contributed by atoms with van der Waals surface area (Å²) >= 11 is 3.37. The van der Waals surface area contributed by atoms with Crippen molar-refractivity contribution >= 4 is 39.6 Å². The molecule has 0 radical (unpaired) electrons. The Bertz CT molecular complexity index is 1290. The molecule has 10 heteroatoms. The smallest absolute Gasteiger partial charge is 0.273 e. The normalized spacial score (nSPS) is 12.8. The Morgan fingerprint density at radius 2 is 1.69 bits per heavy atom. The fourth-order valence-electron chi connectivity index (χ4n) is 3.93. The predicted molar refractivity (Wildman–Crippen MR) is 155 cm³/mol. The molecule has 206 valence electrons. The maximum Gasteiger partial charge on any atom is 0.273 e. The van der Waals surface area contributed by atoms with Crippen LogP contribution in [-0.2, 0) is 6.54 Å². The second kappa shape index (κ2) is 14.5. The first-order valence-electron chi connectivity index (χ1n) is 12.4. The number of amides is 2. The number of rotatable bonds is 12. The second-order valence-corrected chi connectivity index (χ2v) is 10.1. The summed E-state index contributed by atoms with van der Waals surface area (Å²) in [6.07, 6.45) is 0.444. The zero-order valence-electron chi connectivity index (χ0n) is 22.1. The number of aliphatic hydroxyl groups is 2. The van der Waals surface area contributed by atoms with E-state index >= 15 is 0 Å². The highest BCUT2D eigenvalue weighted by Gasteiger charge is 2.16. The maximum atomic E-state index is 13.0. The van der Waals surface area contributed by atoms with Gasteiger partial charge in [0.2, 0.25) is 0 Å². The summed E-state index contributed by atoms with van der Waals surface area (Å²) in [7, 11) is 1.57. The van der Waals surface area contributed by atoms with Crippen molar-refractivity contribution in [3.63, 3.8) is 0 Å². The van der Waals surface area contributed by atoms with Crippen LogP contribution in [-0.4, -0.2) is 65.5 Å². The predicted octanol–water partition coefficient (Wildman–Crippen LogP) is 4.04. The number of hydrazone groups is 1. The van der Waals surface area contributed by atoms with Gasteiger partial charge in [-0.25, -0.2) is 5.43 Å². The molecule has 0 aromatic heterocycles. The van der Waals surface area contributed by atoms with Crippen molar-refractivity contribution in [3.8, 4) is 5.75 Å². The number of methoxy groups -OCH3 is 1. The molecule has 0 saturated heterocycles. The Morgan fingerprint density at radius 1 is 1.00 bits per heavy atom. The van der Waals surface area contributed by atoms with Crippen LogP contribution >= 0.6 is 15.9 Å². The Morgan fingerprint density at radius 3 is 2.33 bits per heavy atom. The van der Waals surface area contributed by atoms with Gasteiger partial charge in [-0.1, -0.05) is 40.2 Å². The number of hydrogen-bond acceptors (Lipinski definition) is 7. The molecule has 2 atom stereocenters. The number of halogens is 1. The van der Waals surface area contributed by atoms with E-state index in [4.69, 9.17) is 4.74 Å². The highest BCUT2D eigenvalue weighted by molar-refractivity contribution is 9.10. The van der Waals surface area contributed by atoms with Crippen LogP contribution in [0.3, 0.4) is 0 Å². The third kappa shape index (κ3) is 9.60. The molecule has 0 bridgehead atoms. The average Bonchev–Trinajstić information content (AvgIpc) is 2.89. The van der Waals surface area contributed by atoms with E-state index in [-0.39, 0.29) is 11.5 Å². The molecule has 4 N–H and O–H groups in total. The van der Waals surface area contributed by atoms with Crippen LogP contribution in [0.1, 0.15) is 45.7 Å². The minimum Gasteiger partial charge on any atom is -0.497 e. The lowest BCUT2D eigenvalue weighted by Crippen LogP contribution is -2.35. The molecule has 0 aliphatic rings. The first kappa shape index (κ1) is 30.0. The molecule has 0 heterocycles. The van der Waals surface area contributed by atoms with Gasteiger partial charge in [0.05, 0.1) is 36.8 Å². The van der Waals surface area contributed by atoms with Crippen molar-refractivity contribution < 1.29 is 24.5 Å². The number of anilines is 1. The molecule has 3 aromatic carbocycles. The number of benzene rings is 3. The summed E-state index contributed by atoms with van der Waals surface area (Å²) in [5.74, 6) is -0.188. The molecule has 3 rings (SSSR count). The van der Waals surface area contributed by atoms with Crippen LogP contribution in [0, 0.1) is 0 Å². The molecule has 39 heavy (non-hydrogen) atoms. The third-order valence-electron chi connectivity index (χ3n) is 5.62. The van der Waals surface area contributed by atoms with Crippen molar-refractivity contribution in [1.82, 2.24) is 10.3 Å². The molecule has 0 aliphatic heterocycles. The lowest BCUT2D eigenvalue weighted by Gasteiger charge is -2.25. The van der Waals surface area contributed by atoms with Gasteiger partial charge in [-0.15, -0.1) is 0 Å². The van der Waals surface area contributed by atoms with Gasteiger partial charge in [0.1, 0.15) is 5.75 Å². The molecule has 2 amide bonds. The van der Waals surface area contributed by atoms with Gasteiger partial charge in [0.25, 0.3) is 11.8 Å². The van der Waals surface area contributed by atoms with E-state index in [0.29, 0.717) is 41.1 Å². The van der Waals surface area contributed by atoms with Crippen molar-refractivity contribution in [2.75, 3.05) is 25.5 Å². The van der Waals surface area contributed by atoms with E-state index < -0.39 is 18.1 Å². The van der Waals surface area contributed by atoms with Crippen LogP contribution in [0.25, 0.3) is 0 Å². The number of aliphatic hydroxyl groups excluding tert-OH is 2. The van der Waals surface area contributed by atoms with Crippen LogP contribution < -0.4 is 15.5 Å². The van der Waals surface area contributed by atoms with Gasteiger partial charge >= 0.3 is 0 Å². The number of nitrogens with one attached hydrogen (secondary N) is 2. The molecule has 0 saturated carbocycles. The molecule has 0 spiro atoms. The first-order valence-corrected chi connectivity index (χ1v) is 13.2. The fraction of sp³-hybridized carbons (Fsp3) is 0.276. The van der Waals surface area contributed by atoms with Crippen LogP contribution in [0.2, 0.25) is 0 Å². The van der Waals surface area contributed by atoms with E-state index in [1.807, 2.05) is 35.2 Å². The molecule has 0 fully saturated rings. The number of nitrogens with zero attached hydrogens (tertiary/aromatic N) is 2. The van der Waals surface area contributed by atoms with Crippen LogP contribution in [0.15, 0.2) is 76.3 Å². The number of hydrogen-bond donors (Lipinski definition) is 4. The summed E-state index contributed by atoms with van der Waals surface area (Å²) in [4.78, 5) is 27.8. The average molecular weight is 598 g/mol. The van der Waals surface area contributed by atoms with Gasteiger partial charge < -0.3 is 20.3 Å². The van der Waals surface area contributed by atoms with E-state index in [1.54, 1.807) is 57.4 Å². The topological polar surface area (TPSA) is 123 Å². The molecule has 3 aromatic rings. The monoisotopic (exact) mass is 596 g/mol. The summed E-state index contributed by atoms with van der Waals surface area (Å²) in [5.41, 5.74) is 5.17. The summed E-state index contributed by atoms with van der Waals surface area (Å²) < 4.78 is 5.86. The largest absolute Gasteiger partial charge is 0.497 e. The molecule has 0 aliphatic carbocycles. The lowest BCUT2D eigenvalue weighted by atomic mass is 10.1. The zero-order valence-corrected chi connectivity index (χ0v) is 23.7. The van der Waals surface area contributed by atoms with E-state index in [0.717, 1.165) is 11.1 Å². The standard InChI is InChI=1S/C29H33BrN4O5/c1-19(35)16-34(17-20(2)36)18-21-7-9-23(10-8-21)28(37)32-27-12-11-24(30)14-26(27)29(38)33-31-15-22-5-4-6-25(13-22)39-3/h4-15,19-20,35-36H,16-18H2,1-3H3,(H,32,37)(H,33,38). The van der Waals surface area contributed by atoms with Crippen molar-refractivity contribution in [2.45, 2.75) is 32.6 Å². The number of ether oxygens (including phenoxy) is 1. The SMILES string of the molecule is COc1cccc(C=NNC(=O)c2cc(Br)ccc2NC(=O)c2ccc(CN(CC(C)O)CC(C)O)cc2)c1. The zero-order chi connectivity index (χ0) is 28.4. The molecular formula is C29H33BrN4O5. The van der Waals surface area contributed by atoms with Gasteiger partial charge in [-0.05, 0) is 67.4 Å². The Balaban J connectivity index is 1.68. The summed E-state index contributed by atoms with van der Waals surface area (Å²) in [6.45, 7) is 4.76. The van der Waals surface area contributed by atoms with Gasteiger partial charge in [-0.3, -0.25) is 14.5 Å². The summed E-state index contributed by atoms with van der Waals surface area (Å²) in [5, 5.41) is 26.3. The first-order chi connectivity index (χ1) is 18.6. The summed E-state index contributed by atoms with van der Waals surface area (Å²) in [6, 6.07) is 19.3. The van der Waals surface area contributed by atoms with Gasteiger partial charge in [0.15, 0.2) is 0 Å². The van der Waals surface area contributed by atoms with Gasteiger partial charge in [0, 0.05) is 29.7 Å². The Hall–Kier alpha value is -3.57. The molecular weight excluding hydrogens is 564 g/mol. The Labute approximate surface area is 236 Å². The highest BCUT2D eigenvalue weighted by atomic mass is 79.9. The quantitative estimate of drug-likeness (QED) is 0.185. The highest BCUT2D eigenvalue weighted by Crippen LogP contribution is 2.22. The van der Waals surface area contributed by atoms with E-state index in [2.05, 4.69) is 31.8 Å². The minimum absolute atomic E-state index is 0.240. The maximum absolute atomic E-state index is 13.0. The third-order valence-corrected chi connectivity index (χ3v) is 6.11. The number of carbonyl (C=O) groups excluding carboxylic acids is 2.